The molecule has 0 radical (unpaired) electrons. The van der Waals surface area contributed by atoms with Gasteiger partial charge in [0, 0.05) is 31.2 Å². The van der Waals surface area contributed by atoms with Gasteiger partial charge in [-0.2, -0.15) is 0 Å². The van der Waals surface area contributed by atoms with E-state index in [1.165, 1.54) is 12.8 Å². The summed E-state index contributed by atoms with van der Waals surface area (Å²) >= 11 is 0. The number of amides is 1. The molecule has 0 spiro atoms. The number of hydrogen-bond acceptors (Lipinski definition) is 6. The van der Waals surface area contributed by atoms with E-state index in [0.717, 1.165) is 37.6 Å². The highest BCUT2D eigenvalue weighted by Gasteiger charge is 2.24. The number of nitrogens with one attached hydrogen (secondary N) is 2. The number of rotatable bonds is 5. The number of ether oxygens (including phenoxy) is 1. The van der Waals surface area contributed by atoms with Gasteiger partial charge in [0.25, 0.3) is 0 Å². The SMILES string of the molecule is CCOC(=O)N1CCC(Nc2cc(NC3CC3)ncn2)CC1. The van der Waals surface area contributed by atoms with Crippen LogP contribution in [-0.4, -0.2) is 52.7 Å². The molecule has 0 bridgehead atoms. The van der Waals surface area contributed by atoms with Crippen LogP contribution < -0.4 is 10.6 Å². The van der Waals surface area contributed by atoms with E-state index in [2.05, 4.69) is 20.6 Å². The van der Waals surface area contributed by atoms with Crippen molar-refractivity contribution in [2.24, 2.45) is 0 Å². The van der Waals surface area contributed by atoms with Crippen molar-refractivity contribution in [2.75, 3.05) is 30.3 Å². The third kappa shape index (κ3) is 3.99. The molecule has 2 heterocycles. The van der Waals surface area contributed by atoms with Crippen LogP contribution in [0.25, 0.3) is 0 Å². The lowest BCUT2D eigenvalue weighted by atomic mass is 10.1. The van der Waals surface area contributed by atoms with Gasteiger partial charge in [0.15, 0.2) is 0 Å². The molecular formula is C15H23N5O2. The molecule has 120 valence electrons. The standard InChI is InChI=1S/C15H23N5O2/c1-2-22-15(21)20-7-5-12(6-8-20)19-14-9-13(16-10-17-14)18-11-3-4-11/h9-12H,2-8H2,1H3,(H2,16,17,18,19). The lowest BCUT2D eigenvalue weighted by Gasteiger charge is -2.31. The van der Waals surface area contributed by atoms with Gasteiger partial charge in [0.2, 0.25) is 0 Å². The van der Waals surface area contributed by atoms with Crippen molar-refractivity contribution in [2.45, 2.75) is 44.7 Å². The topological polar surface area (TPSA) is 79.4 Å². The largest absolute Gasteiger partial charge is 0.450 e. The first-order chi connectivity index (χ1) is 10.7. The van der Waals surface area contributed by atoms with Gasteiger partial charge in [-0.15, -0.1) is 0 Å². The van der Waals surface area contributed by atoms with Crippen LogP contribution in [0.3, 0.4) is 0 Å². The number of likely N-dealkylation sites (tertiary alicyclic amines) is 1. The van der Waals surface area contributed by atoms with Crippen LogP contribution in [0, 0.1) is 0 Å². The normalized spacial score (nSPS) is 18.9. The minimum absolute atomic E-state index is 0.209. The van der Waals surface area contributed by atoms with E-state index in [9.17, 15) is 4.79 Å². The molecule has 2 N–H and O–H groups in total. The van der Waals surface area contributed by atoms with Crippen LogP contribution in [0.1, 0.15) is 32.6 Å². The molecule has 1 aliphatic heterocycles. The highest BCUT2D eigenvalue weighted by atomic mass is 16.6. The Bertz CT molecular complexity index is 512. The maximum absolute atomic E-state index is 11.7. The van der Waals surface area contributed by atoms with Gasteiger partial charge < -0.3 is 20.3 Å². The Balaban J connectivity index is 1.48. The van der Waals surface area contributed by atoms with Gasteiger partial charge in [0.05, 0.1) is 6.61 Å². The lowest BCUT2D eigenvalue weighted by Crippen LogP contribution is -2.42. The van der Waals surface area contributed by atoms with Gasteiger partial charge >= 0.3 is 6.09 Å². The number of anilines is 2. The number of carbonyl (C=O) groups excluding carboxylic acids is 1. The zero-order valence-electron chi connectivity index (χ0n) is 12.9. The van der Waals surface area contributed by atoms with Crippen LogP contribution in [0.2, 0.25) is 0 Å². The van der Waals surface area contributed by atoms with E-state index in [4.69, 9.17) is 4.74 Å². The Labute approximate surface area is 130 Å². The number of nitrogens with zero attached hydrogens (tertiary/aromatic N) is 3. The van der Waals surface area contributed by atoms with Crippen LogP contribution >= 0.6 is 0 Å². The molecule has 1 saturated carbocycles. The number of piperidine rings is 1. The van der Waals surface area contributed by atoms with Crippen LogP contribution in [0.15, 0.2) is 12.4 Å². The molecule has 2 fully saturated rings. The molecule has 1 saturated heterocycles. The first-order valence-corrected chi connectivity index (χ1v) is 8.01. The Morgan fingerprint density at radius 2 is 1.77 bits per heavy atom. The maximum atomic E-state index is 11.7. The van der Waals surface area contributed by atoms with Crippen LogP contribution in [0.5, 0.6) is 0 Å². The van der Waals surface area contributed by atoms with Crippen LogP contribution in [-0.2, 0) is 4.74 Å². The Morgan fingerprint density at radius 1 is 1.18 bits per heavy atom. The molecule has 1 aromatic rings. The van der Waals surface area contributed by atoms with E-state index >= 15 is 0 Å². The summed E-state index contributed by atoms with van der Waals surface area (Å²) in [5, 5.41) is 6.81. The van der Waals surface area contributed by atoms with E-state index in [1.54, 1.807) is 11.2 Å². The van der Waals surface area contributed by atoms with E-state index in [-0.39, 0.29) is 6.09 Å². The fourth-order valence-electron chi connectivity index (χ4n) is 2.58. The van der Waals surface area contributed by atoms with Crippen molar-refractivity contribution in [3.05, 3.63) is 12.4 Å². The molecule has 7 nitrogen and oxygen atoms in total. The second kappa shape index (κ2) is 6.81. The van der Waals surface area contributed by atoms with Crippen molar-refractivity contribution >= 4 is 17.7 Å². The van der Waals surface area contributed by atoms with Crippen LogP contribution in [0.4, 0.5) is 16.4 Å². The second-order valence-electron chi connectivity index (χ2n) is 5.81. The minimum Gasteiger partial charge on any atom is -0.450 e. The molecule has 0 unspecified atom stereocenters. The molecule has 0 aromatic carbocycles. The highest BCUT2D eigenvalue weighted by Crippen LogP contribution is 2.24. The van der Waals surface area contributed by atoms with Crippen molar-refractivity contribution in [1.82, 2.24) is 14.9 Å². The zero-order chi connectivity index (χ0) is 15.4. The van der Waals surface area contributed by atoms with Gasteiger partial charge in [-0.3, -0.25) is 0 Å². The molecule has 3 rings (SSSR count). The van der Waals surface area contributed by atoms with Gasteiger partial charge in [-0.25, -0.2) is 14.8 Å². The summed E-state index contributed by atoms with van der Waals surface area (Å²) in [5.74, 6) is 1.72. The van der Waals surface area contributed by atoms with Crippen molar-refractivity contribution in [3.63, 3.8) is 0 Å². The predicted octanol–water partition coefficient (Wildman–Crippen LogP) is 2.08. The fraction of sp³-hybridized carbons (Fsp3) is 0.667. The molecule has 1 aromatic heterocycles. The van der Waals surface area contributed by atoms with E-state index in [1.807, 2.05) is 13.0 Å². The van der Waals surface area contributed by atoms with Gasteiger partial charge in [-0.05, 0) is 32.6 Å². The van der Waals surface area contributed by atoms with Gasteiger partial charge in [0.1, 0.15) is 18.0 Å². The summed E-state index contributed by atoms with van der Waals surface area (Å²) in [6.07, 6.45) is 5.61. The average molecular weight is 305 g/mol. The summed E-state index contributed by atoms with van der Waals surface area (Å²) in [5.41, 5.74) is 0. The fourth-order valence-corrected chi connectivity index (χ4v) is 2.58. The Kier molecular flexibility index (Phi) is 4.60. The predicted molar refractivity (Wildman–Crippen MR) is 83.9 cm³/mol. The quantitative estimate of drug-likeness (QED) is 0.867. The zero-order valence-corrected chi connectivity index (χ0v) is 12.9. The number of carbonyl (C=O) groups is 1. The lowest BCUT2D eigenvalue weighted by molar-refractivity contribution is 0.0983. The molecule has 2 aliphatic rings. The monoisotopic (exact) mass is 305 g/mol. The number of aromatic nitrogens is 2. The summed E-state index contributed by atoms with van der Waals surface area (Å²) in [7, 11) is 0. The average Bonchev–Trinajstić information content (AvgIpc) is 3.32. The molecule has 1 aliphatic carbocycles. The molecule has 0 atom stereocenters. The molecule has 7 heteroatoms. The third-order valence-corrected chi connectivity index (χ3v) is 3.97. The second-order valence-corrected chi connectivity index (χ2v) is 5.81. The van der Waals surface area contributed by atoms with Crippen molar-refractivity contribution in [1.29, 1.82) is 0 Å². The summed E-state index contributed by atoms with van der Waals surface area (Å²) < 4.78 is 5.03. The highest BCUT2D eigenvalue weighted by molar-refractivity contribution is 5.67. The van der Waals surface area contributed by atoms with Crippen molar-refractivity contribution in [3.8, 4) is 0 Å². The third-order valence-electron chi connectivity index (χ3n) is 3.97. The summed E-state index contributed by atoms with van der Waals surface area (Å²) in [6.45, 7) is 3.69. The Morgan fingerprint density at radius 3 is 2.32 bits per heavy atom. The first kappa shape index (κ1) is 14.9. The minimum atomic E-state index is -0.209. The van der Waals surface area contributed by atoms with E-state index < -0.39 is 0 Å². The number of hydrogen-bond donors (Lipinski definition) is 2. The van der Waals surface area contributed by atoms with Crippen molar-refractivity contribution < 1.29 is 9.53 Å². The maximum Gasteiger partial charge on any atom is 0.409 e. The first-order valence-electron chi connectivity index (χ1n) is 8.01. The molecule has 1 amide bonds. The molecular weight excluding hydrogens is 282 g/mol. The Hall–Kier alpha value is -2.05. The van der Waals surface area contributed by atoms with Gasteiger partial charge in [-0.1, -0.05) is 0 Å². The summed E-state index contributed by atoms with van der Waals surface area (Å²) in [4.78, 5) is 22.0. The summed E-state index contributed by atoms with van der Waals surface area (Å²) in [6, 6.07) is 2.86. The van der Waals surface area contributed by atoms with E-state index in [0.29, 0.717) is 18.7 Å². The smallest absolute Gasteiger partial charge is 0.409 e. The molecule has 22 heavy (non-hydrogen) atoms.